The molecule has 6 heteroatoms. The Morgan fingerprint density at radius 3 is 2.70 bits per heavy atom. The Morgan fingerprint density at radius 2 is 1.97 bits per heavy atom. The summed E-state index contributed by atoms with van der Waals surface area (Å²) in [6, 6.07) is 16.6. The van der Waals surface area contributed by atoms with Crippen molar-refractivity contribution in [3.8, 4) is 11.1 Å². The fourth-order valence-corrected chi connectivity index (χ4v) is 5.05. The maximum atomic E-state index is 13.3. The average Bonchev–Trinajstić information content (AvgIpc) is 3.25. The molecular formula is C24H24N4O2. The van der Waals surface area contributed by atoms with Crippen molar-refractivity contribution in [1.82, 2.24) is 14.9 Å². The van der Waals surface area contributed by atoms with Crippen LogP contribution in [0.2, 0.25) is 0 Å². The summed E-state index contributed by atoms with van der Waals surface area (Å²) in [5, 5.41) is 10.1. The lowest BCUT2D eigenvalue weighted by atomic mass is 9.81. The molecule has 3 atom stereocenters. The standard InChI is InChI=1S/C24H24N4O2/c1-27-21-8-7-17(16-5-3-2-4-6-16)13-19(21)23-18(22(27)15-29)9-12-28(23)24(30)20-14-25-10-11-26-20/h2-8,10-11,13-14,18,22-23,29H,9,12,15H2,1H3/t18-,22+,23-/m1/s1. The molecule has 0 bridgehead atoms. The Hall–Kier alpha value is -3.25. The van der Waals surface area contributed by atoms with Crippen molar-refractivity contribution >= 4 is 11.6 Å². The van der Waals surface area contributed by atoms with E-state index in [0.717, 1.165) is 28.8 Å². The van der Waals surface area contributed by atoms with Crippen LogP contribution in [0.4, 0.5) is 5.69 Å². The van der Waals surface area contributed by atoms with Crippen LogP contribution in [-0.4, -0.2) is 52.1 Å². The molecule has 3 aromatic rings. The number of aliphatic hydroxyl groups excluding tert-OH is 1. The summed E-state index contributed by atoms with van der Waals surface area (Å²) < 4.78 is 0. The number of aromatic nitrogens is 2. The number of likely N-dealkylation sites (N-methyl/N-ethyl adjacent to an activating group) is 1. The Balaban J connectivity index is 1.61. The van der Waals surface area contributed by atoms with E-state index in [1.807, 2.05) is 30.1 Å². The van der Waals surface area contributed by atoms with Crippen LogP contribution in [-0.2, 0) is 0 Å². The molecule has 5 rings (SSSR count). The third kappa shape index (κ3) is 2.95. The van der Waals surface area contributed by atoms with Crippen molar-refractivity contribution in [2.24, 2.45) is 5.92 Å². The van der Waals surface area contributed by atoms with Gasteiger partial charge in [0.25, 0.3) is 5.91 Å². The van der Waals surface area contributed by atoms with Gasteiger partial charge in [-0.15, -0.1) is 0 Å². The fraction of sp³-hybridized carbons (Fsp3) is 0.292. The van der Waals surface area contributed by atoms with Crippen LogP contribution in [0.5, 0.6) is 0 Å². The molecule has 0 unspecified atom stereocenters. The zero-order chi connectivity index (χ0) is 20.7. The van der Waals surface area contributed by atoms with Crippen molar-refractivity contribution < 1.29 is 9.90 Å². The van der Waals surface area contributed by atoms with Crippen LogP contribution in [0.3, 0.4) is 0 Å². The molecule has 152 valence electrons. The number of carbonyl (C=O) groups excluding carboxylic acids is 1. The molecule has 1 amide bonds. The summed E-state index contributed by atoms with van der Waals surface area (Å²) in [5.41, 5.74) is 4.83. The largest absolute Gasteiger partial charge is 0.394 e. The molecule has 0 radical (unpaired) electrons. The second-order valence-corrected chi connectivity index (χ2v) is 7.99. The number of anilines is 1. The lowest BCUT2D eigenvalue weighted by Gasteiger charge is -2.44. The van der Waals surface area contributed by atoms with Gasteiger partial charge in [-0.2, -0.15) is 0 Å². The van der Waals surface area contributed by atoms with E-state index in [0.29, 0.717) is 12.2 Å². The number of amides is 1. The minimum Gasteiger partial charge on any atom is -0.394 e. The summed E-state index contributed by atoms with van der Waals surface area (Å²) in [6.07, 6.45) is 5.49. The number of hydrogen-bond acceptors (Lipinski definition) is 5. The van der Waals surface area contributed by atoms with E-state index < -0.39 is 0 Å². The first kappa shape index (κ1) is 18.8. The number of carbonyl (C=O) groups is 1. The molecular weight excluding hydrogens is 376 g/mol. The molecule has 1 saturated heterocycles. The van der Waals surface area contributed by atoms with Crippen LogP contribution >= 0.6 is 0 Å². The van der Waals surface area contributed by atoms with Crippen LogP contribution in [0.1, 0.15) is 28.5 Å². The van der Waals surface area contributed by atoms with Gasteiger partial charge in [0, 0.05) is 37.6 Å². The van der Waals surface area contributed by atoms with Crippen molar-refractivity contribution in [2.45, 2.75) is 18.5 Å². The predicted molar refractivity (Wildman–Crippen MR) is 115 cm³/mol. The Bertz CT molecular complexity index is 1060. The van der Waals surface area contributed by atoms with Crippen LogP contribution < -0.4 is 4.90 Å². The number of fused-ring (bicyclic) bond motifs is 3. The minimum atomic E-state index is -0.104. The SMILES string of the molecule is CN1c2ccc(-c3ccccc3)cc2[C@H]2[C@H](CCN2C(=O)c2cnccn2)[C@@H]1CO. The van der Waals surface area contributed by atoms with Crippen molar-refractivity contribution in [3.63, 3.8) is 0 Å². The van der Waals surface area contributed by atoms with Crippen molar-refractivity contribution in [2.75, 3.05) is 25.1 Å². The number of nitrogens with zero attached hydrogens (tertiary/aromatic N) is 4. The first-order valence-corrected chi connectivity index (χ1v) is 10.3. The summed E-state index contributed by atoms with van der Waals surface area (Å²) in [6.45, 7) is 0.703. The first-order chi connectivity index (χ1) is 14.7. The van der Waals surface area contributed by atoms with Crippen LogP contribution in [0.15, 0.2) is 67.1 Å². The monoisotopic (exact) mass is 400 g/mol. The molecule has 3 heterocycles. The van der Waals surface area contributed by atoms with Gasteiger partial charge in [0.2, 0.25) is 0 Å². The fourth-order valence-electron chi connectivity index (χ4n) is 5.05. The van der Waals surface area contributed by atoms with Gasteiger partial charge in [0.05, 0.1) is 24.9 Å². The van der Waals surface area contributed by atoms with E-state index in [1.165, 1.54) is 6.20 Å². The molecule has 2 aliphatic rings. The maximum Gasteiger partial charge on any atom is 0.274 e. The lowest BCUT2D eigenvalue weighted by molar-refractivity contribution is 0.0687. The Kier molecular flexibility index (Phi) is 4.71. The molecule has 1 fully saturated rings. The molecule has 0 saturated carbocycles. The number of benzene rings is 2. The number of hydrogen-bond donors (Lipinski definition) is 1. The van der Waals surface area contributed by atoms with E-state index in [-0.39, 0.29) is 30.5 Å². The Labute approximate surface area is 175 Å². The van der Waals surface area contributed by atoms with Gasteiger partial charge in [-0.3, -0.25) is 9.78 Å². The molecule has 6 nitrogen and oxygen atoms in total. The van der Waals surface area contributed by atoms with E-state index >= 15 is 0 Å². The summed E-state index contributed by atoms with van der Waals surface area (Å²) >= 11 is 0. The summed E-state index contributed by atoms with van der Waals surface area (Å²) in [5.74, 6) is 0.0621. The van der Waals surface area contributed by atoms with E-state index in [1.54, 1.807) is 12.4 Å². The average molecular weight is 400 g/mol. The lowest BCUT2D eigenvalue weighted by Crippen LogP contribution is -2.48. The van der Waals surface area contributed by atoms with Gasteiger partial charge in [0.15, 0.2) is 0 Å². The normalized spacial score (nSPS) is 22.5. The highest BCUT2D eigenvalue weighted by Gasteiger charge is 2.48. The topological polar surface area (TPSA) is 69.6 Å². The highest BCUT2D eigenvalue weighted by Crippen LogP contribution is 2.49. The number of aliphatic hydroxyl groups is 1. The van der Waals surface area contributed by atoms with Gasteiger partial charge in [-0.1, -0.05) is 36.4 Å². The number of rotatable bonds is 3. The van der Waals surface area contributed by atoms with E-state index in [9.17, 15) is 9.90 Å². The Morgan fingerprint density at radius 1 is 1.13 bits per heavy atom. The first-order valence-electron chi connectivity index (χ1n) is 10.3. The van der Waals surface area contributed by atoms with Gasteiger partial charge in [-0.05, 0) is 35.2 Å². The second kappa shape index (κ2) is 7.54. The van der Waals surface area contributed by atoms with Gasteiger partial charge < -0.3 is 14.9 Å². The molecule has 0 aliphatic carbocycles. The quantitative estimate of drug-likeness (QED) is 0.731. The molecule has 2 aromatic carbocycles. The second-order valence-electron chi connectivity index (χ2n) is 7.99. The van der Waals surface area contributed by atoms with Crippen LogP contribution in [0.25, 0.3) is 11.1 Å². The van der Waals surface area contributed by atoms with Gasteiger partial charge in [-0.25, -0.2) is 4.98 Å². The maximum absolute atomic E-state index is 13.3. The summed E-state index contributed by atoms with van der Waals surface area (Å²) in [7, 11) is 2.03. The molecule has 1 aromatic heterocycles. The van der Waals surface area contributed by atoms with E-state index in [2.05, 4.69) is 45.2 Å². The predicted octanol–water partition coefficient (Wildman–Crippen LogP) is 3.16. The third-order valence-corrected chi connectivity index (χ3v) is 6.50. The molecule has 2 aliphatic heterocycles. The van der Waals surface area contributed by atoms with Gasteiger partial charge >= 0.3 is 0 Å². The minimum absolute atomic E-state index is 0.0234. The summed E-state index contributed by atoms with van der Waals surface area (Å²) in [4.78, 5) is 25.7. The highest BCUT2D eigenvalue weighted by atomic mass is 16.3. The van der Waals surface area contributed by atoms with Crippen molar-refractivity contribution in [3.05, 3.63) is 78.4 Å². The van der Waals surface area contributed by atoms with Crippen LogP contribution in [0, 0.1) is 5.92 Å². The van der Waals surface area contributed by atoms with Crippen molar-refractivity contribution in [1.29, 1.82) is 0 Å². The van der Waals surface area contributed by atoms with Gasteiger partial charge in [0.1, 0.15) is 5.69 Å². The molecule has 1 N–H and O–H groups in total. The smallest absolute Gasteiger partial charge is 0.274 e. The highest BCUT2D eigenvalue weighted by molar-refractivity contribution is 5.93. The number of likely N-dealkylation sites (tertiary alicyclic amines) is 1. The molecule has 0 spiro atoms. The zero-order valence-corrected chi connectivity index (χ0v) is 16.8. The zero-order valence-electron chi connectivity index (χ0n) is 16.8. The third-order valence-electron chi connectivity index (χ3n) is 6.50. The van der Waals surface area contributed by atoms with E-state index in [4.69, 9.17) is 0 Å². The molecule has 30 heavy (non-hydrogen) atoms.